The zero-order chi connectivity index (χ0) is 10.2. The summed E-state index contributed by atoms with van der Waals surface area (Å²) in [7, 11) is 0. The summed E-state index contributed by atoms with van der Waals surface area (Å²) < 4.78 is 0. The summed E-state index contributed by atoms with van der Waals surface area (Å²) >= 11 is 3.54. The van der Waals surface area contributed by atoms with E-state index in [9.17, 15) is 0 Å². The van der Waals surface area contributed by atoms with Crippen LogP contribution in [0.1, 0.15) is 48.5 Å². The van der Waals surface area contributed by atoms with E-state index in [1.54, 1.807) is 0 Å². The van der Waals surface area contributed by atoms with Crippen LogP contribution in [0.5, 0.6) is 0 Å². The van der Waals surface area contributed by atoms with Gasteiger partial charge in [0.15, 0.2) is 0 Å². The Kier molecular flexibility index (Phi) is 4.31. The average Bonchev–Trinajstić information content (AvgIpc) is 1.82. The van der Waals surface area contributed by atoms with Crippen LogP contribution in [0, 0.1) is 0 Å². The van der Waals surface area contributed by atoms with Crippen molar-refractivity contribution in [1.82, 2.24) is 0 Å². The van der Waals surface area contributed by atoms with Crippen molar-refractivity contribution in [3.05, 3.63) is 0 Å². The van der Waals surface area contributed by atoms with Gasteiger partial charge in [-0.15, -0.1) is 0 Å². The van der Waals surface area contributed by atoms with E-state index in [1.807, 2.05) is 0 Å². The zero-order valence-electron chi connectivity index (χ0n) is 9.51. The van der Waals surface area contributed by atoms with Gasteiger partial charge in [0.1, 0.15) is 0 Å². The van der Waals surface area contributed by atoms with E-state index >= 15 is 0 Å². The molecule has 0 amide bonds. The second-order valence-corrected chi connectivity index (χ2v) is 13.7. The van der Waals surface area contributed by atoms with Crippen LogP contribution in [0.15, 0.2) is 0 Å². The molecule has 1 radical (unpaired) electrons. The van der Waals surface area contributed by atoms with Gasteiger partial charge in [0, 0.05) is 0 Å². The molecule has 0 aliphatic carbocycles. The summed E-state index contributed by atoms with van der Waals surface area (Å²) in [4.78, 5) is 0. The summed E-state index contributed by atoms with van der Waals surface area (Å²) in [6.45, 7) is 16.5. The second kappa shape index (κ2) is 3.99. The summed E-state index contributed by atoms with van der Waals surface area (Å²) in [6, 6.07) is 0. The van der Waals surface area contributed by atoms with Gasteiger partial charge in [0.25, 0.3) is 0 Å². The van der Waals surface area contributed by atoms with Gasteiger partial charge in [-0.3, -0.25) is 0 Å². The summed E-state index contributed by atoms with van der Waals surface area (Å²) in [5.41, 5.74) is 1.61. The molecular weight excluding hydrogens is 230 g/mol. The Morgan fingerprint density at radius 3 is 1.17 bits per heavy atom. The van der Waals surface area contributed by atoms with Crippen LogP contribution in [0.25, 0.3) is 0 Å². The standard InChI is InChI=1S/C10H23PSe/c1-8(2)11(12,9(3)4)10(5,6)7/h8-9H,1-7H3/q+1. The first-order chi connectivity index (χ1) is 5.14. The number of rotatable bonds is 2. The van der Waals surface area contributed by atoms with Crippen LogP contribution in [-0.2, 0) is 0 Å². The third kappa shape index (κ3) is 2.25. The summed E-state index contributed by atoms with van der Waals surface area (Å²) in [6.07, 6.45) is 0. The molecule has 0 aromatic heterocycles. The van der Waals surface area contributed by atoms with Gasteiger partial charge < -0.3 is 0 Å². The monoisotopic (exact) mass is 254 g/mol. The predicted molar refractivity (Wildman–Crippen MR) is 62.7 cm³/mol. The van der Waals surface area contributed by atoms with Crippen LogP contribution < -0.4 is 0 Å². The molecule has 0 rings (SSSR count). The molecule has 0 atom stereocenters. The van der Waals surface area contributed by atoms with Crippen molar-refractivity contribution in [3.8, 4) is 0 Å². The Balaban J connectivity index is 4.89. The van der Waals surface area contributed by atoms with Gasteiger partial charge in [-0.1, -0.05) is 0 Å². The van der Waals surface area contributed by atoms with E-state index in [0.717, 1.165) is 11.3 Å². The minimum absolute atomic E-state index is 0.454. The SMILES string of the molecule is CC(C)[P+]([Se])(C(C)C)C(C)(C)C. The van der Waals surface area contributed by atoms with Crippen molar-refractivity contribution in [2.24, 2.45) is 0 Å². The number of hydrogen-bond donors (Lipinski definition) is 0. The Bertz CT molecular complexity index is 136. The van der Waals surface area contributed by atoms with Crippen LogP contribution >= 0.6 is 5.95 Å². The van der Waals surface area contributed by atoms with Gasteiger partial charge >= 0.3 is 86.5 Å². The topological polar surface area (TPSA) is 0 Å². The second-order valence-electron chi connectivity index (χ2n) is 5.07. The molecule has 73 valence electrons. The Morgan fingerprint density at radius 2 is 1.17 bits per heavy atom. The van der Waals surface area contributed by atoms with Gasteiger partial charge in [0.2, 0.25) is 0 Å². The fourth-order valence-electron chi connectivity index (χ4n) is 2.15. The third-order valence-corrected chi connectivity index (χ3v) is 16.5. The predicted octanol–water partition coefficient (Wildman–Crippen LogP) is 3.70. The molecule has 2 heteroatoms. The molecule has 12 heavy (non-hydrogen) atoms. The molecular formula is C10H23PSe+. The van der Waals surface area contributed by atoms with E-state index in [-0.39, 0.29) is 0 Å². The molecule has 0 nitrogen and oxygen atoms in total. The Labute approximate surface area is 86.7 Å². The number of hydrogen-bond acceptors (Lipinski definition) is 0. The normalized spacial score (nSPS) is 14.5. The fraction of sp³-hybridized carbons (Fsp3) is 1.00. The third-order valence-electron chi connectivity index (χ3n) is 2.58. The van der Waals surface area contributed by atoms with Crippen LogP contribution in [0.3, 0.4) is 0 Å². The van der Waals surface area contributed by atoms with Gasteiger partial charge in [-0.05, 0) is 0 Å². The van der Waals surface area contributed by atoms with Crippen LogP contribution in [0.4, 0.5) is 0 Å². The maximum absolute atomic E-state index is 3.54. The molecule has 0 bridgehead atoms. The van der Waals surface area contributed by atoms with Gasteiger partial charge in [-0.25, -0.2) is 0 Å². The molecule has 0 spiro atoms. The van der Waals surface area contributed by atoms with Crippen molar-refractivity contribution in [1.29, 1.82) is 0 Å². The minimum atomic E-state index is -0.922. The Morgan fingerprint density at radius 1 is 0.917 bits per heavy atom. The first kappa shape index (κ1) is 12.9. The van der Waals surface area contributed by atoms with Crippen molar-refractivity contribution < 1.29 is 0 Å². The molecule has 0 aliphatic rings. The molecule has 0 unspecified atom stereocenters. The van der Waals surface area contributed by atoms with Gasteiger partial charge in [-0.2, -0.15) is 0 Å². The van der Waals surface area contributed by atoms with Crippen LogP contribution in [0.2, 0.25) is 0 Å². The molecule has 0 aliphatic heterocycles. The van der Waals surface area contributed by atoms with Crippen molar-refractivity contribution >= 4 is 21.5 Å². The summed E-state index contributed by atoms with van der Waals surface area (Å²) in [5.74, 6) is -0.922. The fourth-order valence-corrected chi connectivity index (χ4v) is 6.44. The summed E-state index contributed by atoms with van der Waals surface area (Å²) in [5, 5.41) is 0.454. The molecule has 0 saturated heterocycles. The average molecular weight is 253 g/mol. The first-order valence-corrected chi connectivity index (χ1v) is 8.88. The molecule has 0 fully saturated rings. The van der Waals surface area contributed by atoms with Crippen molar-refractivity contribution in [2.45, 2.75) is 64.9 Å². The van der Waals surface area contributed by atoms with Gasteiger partial charge in [0.05, 0.1) is 0 Å². The van der Waals surface area contributed by atoms with Crippen molar-refractivity contribution in [2.75, 3.05) is 0 Å². The first-order valence-electron chi connectivity index (χ1n) is 4.73. The molecule has 0 aromatic rings. The van der Waals surface area contributed by atoms with Crippen LogP contribution in [-0.4, -0.2) is 32.0 Å². The molecule has 0 heterocycles. The van der Waals surface area contributed by atoms with E-state index in [4.69, 9.17) is 0 Å². The van der Waals surface area contributed by atoms with E-state index in [1.165, 1.54) is 0 Å². The quantitative estimate of drug-likeness (QED) is 0.520. The molecule has 0 saturated carbocycles. The van der Waals surface area contributed by atoms with E-state index in [0.29, 0.717) is 5.16 Å². The van der Waals surface area contributed by atoms with E-state index < -0.39 is 5.95 Å². The molecule has 0 N–H and O–H groups in total. The zero-order valence-corrected chi connectivity index (χ0v) is 12.1. The Hall–Kier alpha value is 0.949. The van der Waals surface area contributed by atoms with E-state index in [2.05, 4.69) is 64.0 Å². The molecule has 0 aromatic carbocycles. The van der Waals surface area contributed by atoms with Crippen molar-refractivity contribution in [3.63, 3.8) is 0 Å². The maximum atomic E-state index is 3.54.